The van der Waals surface area contributed by atoms with E-state index in [2.05, 4.69) is 29.1 Å². The van der Waals surface area contributed by atoms with Crippen LogP contribution in [0.2, 0.25) is 0 Å². The van der Waals surface area contributed by atoms with E-state index in [1.165, 1.54) is 6.54 Å². The number of nitrogens with one attached hydrogen (secondary N) is 1. The summed E-state index contributed by atoms with van der Waals surface area (Å²) in [6.45, 7) is 9.73. The minimum absolute atomic E-state index is 0.631. The Labute approximate surface area is 92.6 Å². The molecule has 2 aliphatic heterocycles. The fourth-order valence-electron chi connectivity index (χ4n) is 2.59. The van der Waals surface area contributed by atoms with Crippen molar-refractivity contribution in [1.29, 1.82) is 0 Å². The second-order valence-corrected chi connectivity index (χ2v) is 4.64. The van der Waals surface area contributed by atoms with E-state index in [0.29, 0.717) is 12.1 Å². The molecule has 88 valence electrons. The van der Waals surface area contributed by atoms with Crippen LogP contribution in [0.25, 0.3) is 0 Å². The summed E-state index contributed by atoms with van der Waals surface area (Å²) in [7, 11) is 2.24. The fourth-order valence-corrected chi connectivity index (χ4v) is 2.59. The fraction of sp³-hybridized carbons (Fsp3) is 1.00. The summed E-state index contributed by atoms with van der Waals surface area (Å²) in [5, 5.41) is 3.49. The number of hydrogen-bond acceptors (Lipinski definition) is 4. The Morgan fingerprint density at radius 1 is 1.27 bits per heavy atom. The number of hydrogen-bond donors (Lipinski definition) is 1. The molecule has 2 heterocycles. The Morgan fingerprint density at radius 2 is 2.00 bits per heavy atom. The molecule has 4 nitrogen and oxygen atoms in total. The van der Waals surface area contributed by atoms with Crippen LogP contribution in [0.4, 0.5) is 0 Å². The first-order valence-electron chi connectivity index (χ1n) is 6.02. The average Bonchev–Trinajstić information content (AvgIpc) is 2.30. The van der Waals surface area contributed by atoms with Crippen LogP contribution in [0.3, 0.4) is 0 Å². The number of morpholine rings is 1. The van der Waals surface area contributed by atoms with Crippen LogP contribution in [-0.4, -0.2) is 74.9 Å². The van der Waals surface area contributed by atoms with Gasteiger partial charge in [0.2, 0.25) is 0 Å². The molecule has 2 aliphatic rings. The first-order chi connectivity index (χ1) is 7.29. The third-order valence-corrected chi connectivity index (χ3v) is 3.74. The van der Waals surface area contributed by atoms with Crippen LogP contribution in [0.15, 0.2) is 0 Å². The van der Waals surface area contributed by atoms with Gasteiger partial charge in [0.1, 0.15) is 0 Å². The molecule has 2 atom stereocenters. The number of rotatable bonds is 2. The van der Waals surface area contributed by atoms with Crippen LogP contribution in [0, 0.1) is 0 Å². The molecule has 0 aromatic heterocycles. The van der Waals surface area contributed by atoms with E-state index in [4.69, 9.17) is 4.74 Å². The second kappa shape index (κ2) is 5.25. The van der Waals surface area contributed by atoms with Crippen molar-refractivity contribution in [1.82, 2.24) is 15.1 Å². The van der Waals surface area contributed by atoms with Crippen molar-refractivity contribution in [3.8, 4) is 0 Å². The lowest BCUT2D eigenvalue weighted by atomic mass is 10.0. The van der Waals surface area contributed by atoms with E-state index >= 15 is 0 Å². The molecule has 0 amide bonds. The Balaban J connectivity index is 1.89. The zero-order valence-corrected chi connectivity index (χ0v) is 9.91. The average molecular weight is 213 g/mol. The molecular formula is C11H23N3O. The molecule has 0 spiro atoms. The topological polar surface area (TPSA) is 27.7 Å². The highest BCUT2D eigenvalue weighted by molar-refractivity contribution is 4.87. The molecule has 2 fully saturated rings. The number of likely N-dealkylation sites (N-methyl/N-ethyl adjacent to an activating group) is 1. The number of ether oxygens (including phenoxy) is 1. The lowest BCUT2D eigenvalue weighted by molar-refractivity contribution is -0.00413. The van der Waals surface area contributed by atoms with Crippen LogP contribution in [0.1, 0.15) is 6.92 Å². The molecule has 0 aromatic carbocycles. The lowest BCUT2D eigenvalue weighted by Gasteiger charge is -2.43. The predicted molar refractivity (Wildman–Crippen MR) is 61.1 cm³/mol. The van der Waals surface area contributed by atoms with Gasteiger partial charge >= 0.3 is 0 Å². The maximum Gasteiger partial charge on any atom is 0.0594 e. The summed E-state index contributed by atoms with van der Waals surface area (Å²) in [6.07, 6.45) is 0. The Morgan fingerprint density at radius 3 is 2.67 bits per heavy atom. The lowest BCUT2D eigenvalue weighted by Crippen LogP contribution is -2.59. The van der Waals surface area contributed by atoms with Crippen LogP contribution in [-0.2, 0) is 4.74 Å². The van der Waals surface area contributed by atoms with Crippen LogP contribution < -0.4 is 5.32 Å². The number of piperazine rings is 1. The minimum Gasteiger partial charge on any atom is -0.379 e. The first-order valence-corrected chi connectivity index (χ1v) is 6.02. The molecule has 1 N–H and O–H groups in total. The van der Waals surface area contributed by atoms with Gasteiger partial charge in [-0.2, -0.15) is 0 Å². The van der Waals surface area contributed by atoms with E-state index in [1.54, 1.807) is 0 Å². The Kier molecular flexibility index (Phi) is 3.97. The standard InChI is InChI=1S/C11H23N3O/c1-10(14-5-7-15-8-6-14)11-9-12-3-4-13(11)2/h10-12H,3-9H2,1-2H3. The summed E-state index contributed by atoms with van der Waals surface area (Å²) >= 11 is 0. The molecule has 0 aliphatic carbocycles. The van der Waals surface area contributed by atoms with Crippen molar-refractivity contribution in [3.05, 3.63) is 0 Å². The SMILES string of the molecule is CC(C1CNCCN1C)N1CCOCC1. The molecule has 0 saturated carbocycles. The van der Waals surface area contributed by atoms with Crippen LogP contribution in [0.5, 0.6) is 0 Å². The maximum absolute atomic E-state index is 5.39. The predicted octanol–water partition coefficient (Wildman–Crippen LogP) is -0.389. The van der Waals surface area contributed by atoms with Crippen LogP contribution >= 0.6 is 0 Å². The molecule has 2 saturated heterocycles. The molecule has 0 radical (unpaired) electrons. The third-order valence-electron chi connectivity index (χ3n) is 3.74. The highest BCUT2D eigenvalue weighted by Gasteiger charge is 2.29. The zero-order chi connectivity index (χ0) is 10.7. The van der Waals surface area contributed by atoms with Gasteiger partial charge in [-0.05, 0) is 14.0 Å². The van der Waals surface area contributed by atoms with Gasteiger partial charge in [-0.1, -0.05) is 0 Å². The monoisotopic (exact) mass is 213 g/mol. The maximum atomic E-state index is 5.39. The highest BCUT2D eigenvalue weighted by Crippen LogP contribution is 2.13. The zero-order valence-electron chi connectivity index (χ0n) is 9.91. The van der Waals surface area contributed by atoms with Gasteiger partial charge < -0.3 is 10.1 Å². The van der Waals surface area contributed by atoms with Gasteiger partial charge in [0.15, 0.2) is 0 Å². The van der Waals surface area contributed by atoms with Gasteiger partial charge in [0.05, 0.1) is 13.2 Å². The van der Waals surface area contributed by atoms with Crippen molar-refractivity contribution in [2.75, 3.05) is 53.0 Å². The molecular weight excluding hydrogens is 190 g/mol. The molecule has 2 rings (SSSR count). The summed E-state index contributed by atoms with van der Waals surface area (Å²) in [4.78, 5) is 5.04. The summed E-state index contributed by atoms with van der Waals surface area (Å²) < 4.78 is 5.39. The van der Waals surface area contributed by atoms with Gasteiger partial charge in [-0.3, -0.25) is 9.80 Å². The summed E-state index contributed by atoms with van der Waals surface area (Å²) in [5.41, 5.74) is 0. The summed E-state index contributed by atoms with van der Waals surface area (Å²) in [6, 6.07) is 1.28. The molecule has 15 heavy (non-hydrogen) atoms. The molecule has 4 heteroatoms. The smallest absolute Gasteiger partial charge is 0.0594 e. The Bertz CT molecular complexity index is 194. The third kappa shape index (κ3) is 2.69. The molecule has 0 aromatic rings. The van der Waals surface area contributed by atoms with E-state index in [0.717, 1.165) is 39.4 Å². The van der Waals surface area contributed by atoms with Gasteiger partial charge in [0.25, 0.3) is 0 Å². The van der Waals surface area contributed by atoms with Gasteiger partial charge in [-0.25, -0.2) is 0 Å². The van der Waals surface area contributed by atoms with Gasteiger partial charge in [0, 0.05) is 44.8 Å². The van der Waals surface area contributed by atoms with E-state index < -0.39 is 0 Å². The van der Waals surface area contributed by atoms with Crippen molar-refractivity contribution in [3.63, 3.8) is 0 Å². The normalized spacial score (nSPS) is 32.8. The second-order valence-electron chi connectivity index (χ2n) is 4.64. The quantitative estimate of drug-likeness (QED) is 0.676. The molecule has 0 bridgehead atoms. The van der Waals surface area contributed by atoms with E-state index in [1.807, 2.05) is 0 Å². The largest absolute Gasteiger partial charge is 0.379 e. The van der Waals surface area contributed by atoms with E-state index in [-0.39, 0.29) is 0 Å². The summed E-state index contributed by atoms with van der Waals surface area (Å²) in [5.74, 6) is 0. The molecule has 2 unspecified atom stereocenters. The van der Waals surface area contributed by atoms with Crippen molar-refractivity contribution < 1.29 is 4.74 Å². The van der Waals surface area contributed by atoms with Crippen molar-refractivity contribution >= 4 is 0 Å². The number of nitrogens with zero attached hydrogens (tertiary/aromatic N) is 2. The Hall–Kier alpha value is -0.160. The first kappa shape index (κ1) is 11.3. The van der Waals surface area contributed by atoms with Crippen molar-refractivity contribution in [2.45, 2.75) is 19.0 Å². The van der Waals surface area contributed by atoms with Gasteiger partial charge in [-0.15, -0.1) is 0 Å². The van der Waals surface area contributed by atoms with Crippen molar-refractivity contribution in [2.24, 2.45) is 0 Å². The minimum atomic E-state index is 0.631. The van der Waals surface area contributed by atoms with E-state index in [9.17, 15) is 0 Å². The highest BCUT2D eigenvalue weighted by atomic mass is 16.5.